The Balaban J connectivity index is 4.32. The first kappa shape index (κ1) is 16.4. The Labute approximate surface area is 107 Å². The molecular formula is C14H30N2O. The largest absolute Gasteiger partial charge is 0.340 e. The summed E-state index contributed by atoms with van der Waals surface area (Å²) in [6.45, 7) is 11.2. The van der Waals surface area contributed by atoms with Crippen LogP contribution in [-0.2, 0) is 4.79 Å². The van der Waals surface area contributed by atoms with Gasteiger partial charge in [-0.25, -0.2) is 0 Å². The Morgan fingerprint density at radius 1 is 1.35 bits per heavy atom. The highest BCUT2D eigenvalue weighted by atomic mass is 16.2. The van der Waals surface area contributed by atoms with Crippen LogP contribution in [-0.4, -0.2) is 28.9 Å². The molecule has 2 N–H and O–H groups in total. The van der Waals surface area contributed by atoms with Gasteiger partial charge in [0.2, 0.25) is 5.91 Å². The molecule has 1 amide bonds. The summed E-state index contributed by atoms with van der Waals surface area (Å²) in [6, 6.07) is 0.343. The predicted molar refractivity (Wildman–Crippen MR) is 73.9 cm³/mol. The molecule has 0 aliphatic heterocycles. The second kappa shape index (κ2) is 7.70. The van der Waals surface area contributed by atoms with Crippen molar-refractivity contribution in [2.45, 2.75) is 78.3 Å². The van der Waals surface area contributed by atoms with Crippen LogP contribution in [0.2, 0.25) is 0 Å². The van der Waals surface area contributed by atoms with E-state index in [2.05, 4.69) is 20.8 Å². The van der Waals surface area contributed by atoms with E-state index in [0.717, 1.165) is 32.2 Å². The van der Waals surface area contributed by atoms with Crippen molar-refractivity contribution in [3.05, 3.63) is 0 Å². The minimum absolute atomic E-state index is 0.248. The number of amides is 1. The summed E-state index contributed by atoms with van der Waals surface area (Å²) in [5.41, 5.74) is 5.67. The Kier molecular flexibility index (Phi) is 7.44. The monoisotopic (exact) mass is 242 g/mol. The van der Waals surface area contributed by atoms with Crippen LogP contribution in [0.3, 0.4) is 0 Å². The summed E-state index contributed by atoms with van der Waals surface area (Å²) in [7, 11) is 0. The molecule has 0 aromatic carbocycles. The maximum atomic E-state index is 12.2. The van der Waals surface area contributed by atoms with Crippen molar-refractivity contribution >= 4 is 5.91 Å². The van der Waals surface area contributed by atoms with Gasteiger partial charge in [0.1, 0.15) is 0 Å². The molecule has 1 atom stereocenters. The summed E-state index contributed by atoms with van der Waals surface area (Å²) in [6.07, 6.45) is 4.55. The van der Waals surface area contributed by atoms with E-state index in [-0.39, 0.29) is 11.4 Å². The SMILES string of the molecule is CCCCN(C(=O)CCC(C)(C)N)C(C)CC. The highest BCUT2D eigenvalue weighted by Crippen LogP contribution is 2.13. The topological polar surface area (TPSA) is 46.3 Å². The summed E-state index contributed by atoms with van der Waals surface area (Å²) in [4.78, 5) is 14.2. The molecule has 0 aromatic rings. The van der Waals surface area contributed by atoms with E-state index in [1.54, 1.807) is 0 Å². The van der Waals surface area contributed by atoms with Gasteiger partial charge < -0.3 is 10.6 Å². The van der Waals surface area contributed by atoms with Crippen LogP contribution in [0, 0.1) is 0 Å². The zero-order valence-corrected chi connectivity index (χ0v) is 12.3. The third-order valence-electron chi connectivity index (χ3n) is 3.18. The van der Waals surface area contributed by atoms with Gasteiger partial charge in [0.05, 0.1) is 0 Å². The van der Waals surface area contributed by atoms with E-state index in [0.29, 0.717) is 12.5 Å². The number of unbranched alkanes of at least 4 members (excludes halogenated alkanes) is 1. The fourth-order valence-electron chi connectivity index (χ4n) is 1.71. The maximum absolute atomic E-state index is 12.2. The summed E-state index contributed by atoms with van der Waals surface area (Å²) >= 11 is 0. The van der Waals surface area contributed by atoms with E-state index in [4.69, 9.17) is 5.73 Å². The first-order valence-electron chi connectivity index (χ1n) is 6.90. The molecule has 0 fully saturated rings. The molecular weight excluding hydrogens is 212 g/mol. The van der Waals surface area contributed by atoms with E-state index >= 15 is 0 Å². The van der Waals surface area contributed by atoms with Gasteiger partial charge in [0.25, 0.3) is 0 Å². The number of rotatable bonds is 8. The minimum atomic E-state index is -0.248. The number of nitrogens with two attached hydrogens (primary N) is 1. The van der Waals surface area contributed by atoms with Crippen molar-refractivity contribution in [3.63, 3.8) is 0 Å². The van der Waals surface area contributed by atoms with E-state index in [1.807, 2.05) is 18.7 Å². The number of carbonyl (C=O) groups excluding carboxylic acids is 1. The van der Waals surface area contributed by atoms with Crippen molar-refractivity contribution in [3.8, 4) is 0 Å². The molecule has 3 heteroatoms. The zero-order valence-electron chi connectivity index (χ0n) is 12.3. The van der Waals surface area contributed by atoms with E-state index in [1.165, 1.54) is 0 Å². The van der Waals surface area contributed by atoms with Gasteiger partial charge in [-0.2, -0.15) is 0 Å². The Morgan fingerprint density at radius 3 is 2.35 bits per heavy atom. The smallest absolute Gasteiger partial charge is 0.222 e. The number of hydrogen-bond donors (Lipinski definition) is 1. The average molecular weight is 242 g/mol. The van der Waals surface area contributed by atoms with Crippen LogP contribution in [0.25, 0.3) is 0 Å². The standard InChI is InChI=1S/C14H30N2O/c1-6-8-11-16(12(3)7-2)13(17)9-10-14(4,5)15/h12H,6-11,15H2,1-5H3. The van der Waals surface area contributed by atoms with Gasteiger partial charge in [-0.05, 0) is 40.0 Å². The van der Waals surface area contributed by atoms with Gasteiger partial charge in [-0.1, -0.05) is 20.3 Å². The molecule has 0 spiro atoms. The fourth-order valence-corrected chi connectivity index (χ4v) is 1.71. The molecule has 0 heterocycles. The molecule has 0 aliphatic rings. The van der Waals surface area contributed by atoms with Crippen molar-refractivity contribution < 1.29 is 4.79 Å². The Hall–Kier alpha value is -0.570. The lowest BCUT2D eigenvalue weighted by Crippen LogP contribution is -2.41. The average Bonchev–Trinajstić information content (AvgIpc) is 2.25. The van der Waals surface area contributed by atoms with Gasteiger partial charge in [0, 0.05) is 24.5 Å². The number of hydrogen-bond acceptors (Lipinski definition) is 2. The van der Waals surface area contributed by atoms with E-state index in [9.17, 15) is 4.79 Å². The van der Waals surface area contributed by atoms with Crippen molar-refractivity contribution in [2.24, 2.45) is 5.73 Å². The summed E-state index contributed by atoms with van der Waals surface area (Å²) in [5, 5.41) is 0. The first-order valence-corrected chi connectivity index (χ1v) is 6.90. The normalized spacial score (nSPS) is 13.5. The molecule has 0 bridgehead atoms. The maximum Gasteiger partial charge on any atom is 0.222 e. The number of carbonyl (C=O) groups is 1. The van der Waals surface area contributed by atoms with Gasteiger partial charge >= 0.3 is 0 Å². The lowest BCUT2D eigenvalue weighted by atomic mass is 9.99. The molecule has 0 rings (SSSR count). The molecule has 1 unspecified atom stereocenters. The minimum Gasteiger partial charge on any atom is -0.340 e. The zero-order chi connectivity index (χ0) is 13.5. The molecule has 3 nitrogen and oxygen atoms in total. The second-order valence-electron chi connectivity index (χ2n) is 5.69. The van der Waals surface area contributed by atoms with Crippen LogP contribution >= 0.6 is 0 Å². The van der Waals surface area contributed by atoms with Crippen LogP contribution in [0.1, 0.15) is 66.7 Å². The van der Waals surface area contributed by atoms with E-state index < -0.39 is 0 Å². The second-order valence-corrected chi connectivity index (χ2v) is 5.69. The van der Waals surface area contributed by atoms with Crippen molar-refractivity contribution in [2.75, 3.05) is 6.54 Å². The lowest BCUT2D eigenvalue weighted by molar-refractivity contribution is -0.133. The molecule has 102 valence electrons. The van der Waals surface area contributed by atoms with Crippen molar-refractivity contribution in [1.29, 1.82) is 0 Å². The van der Waals surface area contributed by atoms with Crippen LogP contribution in [0.15, 0.2) is 0 Å². The van der Waals surface area contributed by atoms with Gasteiger partial charge in [-0.3, -0.25) is 4.79 Å². The van der Waals surface area contributed by atoms with Crippen LogP contribution in [0.4, 0.5) is 0 Å². The van der Waals surface area contributed by atoms with Gasteiger partial charge in [0.15, 0.2) is 0 Å². The fraction of sp³-hybridized carbons (Fsp3) is 0.929. The summed E-state index contributed by atoms with van der Waals surface area (Å²) < 4.78 is 0. The van der Waals surface area contributed by atoms with Crippen LogP contribution < -0.4 is 5.73 Å². The molecule has 17 heavy (non-hydrogen) atoms. The summed E-state index contributed by atoms with van der Waals surface area (Å²) in [5.74, 6) is 0.256. The molecule has 0 aromatic heterocycles. The molecule has 0 aliphatic carbocycles. The highest BCUT2D eigenvalue weighted by molar-refractivity contribution is 5.76. The third kappa shape index (κ3) is 7.37. The number of nitrogens with zero attached hydrogens (tertiary/aromatic N) is 1. The molecule has 0 saturated carbocycles. The van der Waals surface area contributed by atoms with Crippen LogP contribution in [0.5, 0.6) is 0 Å². The molecule has 0 radical (unpaired) electrons. The predicted octanol–water partition coefficient (Wildman–Crippen LogP) is 2.93. The quantitative estimate of drug-likeness (QED) is 0.711. The van der Waals surface area contributed by atoms with Gasteiger partial charge in [-0.15, -0.1) is 0 Å². The third-order valence-corrected chi connectivity index (χ3v) is 3.18. The van der Waals surface area contributed by atoms with Crippen molar-refractivity contribution in [1.82, 2.24) is 4.90 Å². The lowest BCUT2D eigenvalue weighted by Gasteiger charge is -2.30. The Bertz CT molecular complexity index is 221. The Morgan fingerprint density at radius 2 is 1.94 bits per heavy atom. The molecule has 0 saturated heterocycles. The first-order chi connectivity index (χ1) is 7.81. The highest BCUT2D eigenvalue weighted by Gasteiger charge is 2.20.